The molecule has 0 radical (unpaired) electrons. The summed E-state index contributed by atoms with van der Waals surface area (Å²) in [7, 11) is 0. The average molecular weight is 525 g/mol. The number of rotatable bonds is 7. The highest BCUT2D eigenvalue weighted by molar-refractivity contribution is 5.90. The molecule has 4 saturated carbocycles. The summed E-state index contributed by atoms with van der Waals surface area (Å²) in [6, 6.07) is 3.98. The van der Waals surface area contributed by atoms with Crippen LogP contribution in [-0.2, 0) is 4.74 Å². The minimum absolute atomic E-state index is 0.0713. The predicted octanol–water partition coefficient (Wildman–Crippen LogP) is 8.74. The molecule has 0 saturated heterocycles. The van der Waals surface area contributed by atoms with E-state index < -0.39 is 5.97 Å². The summed E-state index contributed by atoms with van der Waals surface area (Å²) in [5.41, 5.74) is 1.11. The molecule has 1 aromatic rings. The number of esters is 1. The molecule has 4 fully saturated rings. The number of aromatic hydroxyl groups is 2. The van der Waals surface area contributed by atoms with Crippen LogP contribution in [0.1, 0.15) is 122 Å². The van der Waals surface area contributed by atoms with Crippen molar-refractivity contribution >= 4 is 5.97 Å². The first-order chi connectivity index (χ1) is 18.0. The van der Waals surface area contributed by atoms with Crippen LogP contribution in [0.25, 0.3) is 0 Å². The molecule has 212 valence electrons. The molecule has 0 aliphatic heterocycles. The standard InChI is InChI=1S/C34H52O4/c1-21(2)7-6-8-22(3)29-11-12-30-28-10-9-24-19-27(38-32(37)23-17-25(35)20-26(36)18-23)13-15-33(24,4)31(28)14-16-34(29,30)5/h17-18,20-22,24,27-31,35-36H,6-16,19H2,1-5H3/t22-,24?,27?,28+,29-,30+,31+,33+,34-/m1/s1. The van der Waals surface area contributed by atoms with Gasteiger partial charge in [-0.25, -0.2) is 4.79 Å². The second kappa shape index (κ2) is 10.7. The fraction of sp³-hybridized carbons (Fsp3) is 0.794. The first-order valence-corrected chi connectivity index (χ1v) is 15.7. The minimum atomic E-state index is -0.438. The third-order valence-corrected chi connectivity index (χ3v) is 12.2. The number of carbonyl (C=O) groups excluding carboxylic acids is 1. The predicted molar refractivity (Wildman–Crippen MR) is 152 cm³/mol. The quantitative estimate of drug-likeness (QED) is 0.350. The summed E-state index contributed by atoms with van der Waals surface area (Å²) in [5.74, 6) is 5.10. The van der Waals surface area contributed by atoms with Crippen LogP contribution in [0.5, 0.6) is 11.5 Å². The van der Waals surface area contributed by atoms with Crippen LogP contribution in [0.4, 0.5) is 0 Å². The Kier molecular flexibility index (Phi) is 7.84. The van der Waals surface area contributed by atoms with Crippen molar-refractivity contribution in [3.05, 3.63) is 23.8 Å². The summed E-state index contributed by atoms with van der Waals surface area (Å²) in [6.45, 7) is 12.5. The molecule has 2 unspecified atom stereocenters. The van der Waals surface area contributed by atoms with Gasteiger partial charge in [-0.05, 0) is 122 Å². The van der Waals surface area contributed by atoms with Crippen molar-refractivity contribution in [1.82, 2.24) is 0 Å². The Morgan fingerprint density at radius 2 is 1.58 bits per heavy atom. The summed E-state index contributed by atoms with van der Waals surface area (Å²) in [4.78, 5) is 12.8. The Morgan fingerprint density at radius 1 is 0.895 bits per heavy atom. The molecule has 9 atom stereocenters. The molecule has 5 rings (SSSR count). The van der Waals surface area contributed by atoms with Crippen molar-refractivity contribution in [2.24, 2.45) is 52.3 Å². The van der Waals surface area contributed by atoms with Gasteiger partial charge in [0.1, 0.15) is 17.6 Å². The minimum Gasteiger partial charge on any atom is -0.508 e. The van der Waals surface area contributed by atoms with E-state index in [1.165, 1.54) is 76.0 Å². The van der Waals surface area contributed by atoms with Gasteiger partial charge in [0.2, 0.25) is 0 Å². The molecule has 4 aliphatic carbocycles. The SMILES string of the molecule is CC(C)CCC[C@@H](C)[C@H]1CC[C@H]2[C@@H]3CCC4CC(OC(=O)c5cc(O)cc(O)c5)CC[C@]4(C)[C@H]3CC[C@]12C. The summed E-state index contributed by atoms with van der Waals surface area (Å²) < 4.78 is 5.93. The number of fused-ring (bicyclic) bond motifs is 5. The van der Waals surface area contributed by atoms with Gasteiger partial charge in [0.05, 0.1) is 5.56 Å². The molecule has 0 aromatic heterocycles. The lowest BCUT2D eigenvalue weighted by Gasteiger charge is -2.61. The third kappa shape index (κ3) is 5.10. The van der Waals surface area contributed by atoms with Gasteiger partial charge >= 0.3 is 5.97 Å². The number of hydrogen-bond donors (Lipinski definition) is 2. The van der Waals surface area contributed by atoms with E-state index in [1.54, 1.807) is 0 Å². The summed E-state index contributed by atoms with van der Waals surface area (Å²) in [5, 5.41) is 19.5. The lowest BCUT2D eigenvalue weighted by Crippen LogP contribution is -2.54. The Morgan fingerprint density at radius 3 is 2.29 bits per heavy atom. The van der Waals surface area contributed by atoms with Crippen molar-refractivity contribution in [1.29, 1.82) is 0 Å². The molecule has 4 heteroatoms. The van der Waals surface area contributed by atoms with Crippen LogP contribution >= 0.6 is 0 Å². The van der Waals surface area contributed by atoms with Gasteiger partial charge in [0, 0.05) is 6.07 Å². The molecule has 0 spiro atoms. The third-order valence-electron chi connectivity index (χ3n) is 12.2. The lowest BCUT2D eigenvalue weighted by atomic mass is 9.44. The molecule has 38 heavy (non-hydrogen) atoms. The maximum absolute atomic E-state index is 12.8. The topological polar surface area (TPSA) is 66.8 Å². The van der Waals surface area contributed by atoms with Gasteiger partial charge in [0.25, 0.3) is 0 Å². The summed E-state index contributed by atoms with van der Waals surface area (Å²) in [6.07, 6.45) is 15.4. The summed E-state index contributed by atoms with van der Waals surface area (Å²) >= 11 is 0. The van der Waals surface area contributed by atoms with Crippen molar-refractivity contribution in [3.8, 4) is 11.5 Å². The Balaban J connectivity index is 1.22. The Bertz CT molecular complexity index is 982. The van der Waals surface area contributed by atoms with E-state index in [2.05, 4.69) is 34.6 Å². The van der Waals surface area contributed by atoms with Crippen LogP contribution in [0, 0.1) is 52.3 Å². The molecule has 0 bridgehead atoms. The zero-order valence-corrected chi connectivity index (χ0v) is 24.5. The number of hydrogen-bond acceptors (Lipinski definition) is 4. The highest BCUT2D eigenvalue weighted by atomic mass is 16.5. The second-order valence-corrected chi connectivity index (χ2v) is 14.7. The Labute approximate surface area is 230 Å². The van der Waals surface area contributed by atoms with Gasteiger partial charge < -0.3 is 14.9 Å². The highest BCUT2D eigenvalue weighted by Gasteiger charge is 2.60. The Hall–Kier alpha value is -1.71. The smallest absolute Gasteiger partial charge is 0.338 e. The number of phenols is 2. The van der Waals surface area contributed by atoms with Crippen molar-refractivity contribution in [2.75, 3.05) is 0 Å². The van der Waals surface area contributed by atoms with Crippen LogP contribution in [0.2, 0.25) is 0 Å². The van der Waals surface area contributed by atoms with Gasteiger partial charge in [-0.3, -0.25) is 0 Å². The fourth-order valence-corrected chi connectivity index (χ4v) is 10.3. The number of carbonyl (C=O) groups is 1. The zero-order valence-electron chi connectivity index (χ0n) is 24.5. The first-order valence-electron chi connectivity index (χ1n) is 15.7. The largest absolute Gasteiger partial charge is 0.508 e. The van der Waals surface area contributed by atoms with Gasteiger partial charge in [-0.2, -0.15) is 0 Å². The van der Waals surface area contributed by atoms with Crippen molar-refractivity contribution in [3.63, 3.8) is 0 Å². The molecular weight excluding hydrogens is 472 g/mol. The maximum Gasteiger partial charge on any atom is 0.338 e. The van der Waals surface area contributed by atoms with E-state index in [0.29, 0.717) is 16.7 Å². The zero-order chi connectivity index (χ0) is 27.2. The number of benzene rings is 1. The van der Waals surface area contributed by atoms with Crippen LogP contribution < -0.4 is 0 Å². The van der Waals surface area contributed by atoms with Gasteiger partial charge in [0.15, 0.2) is 0 Å². The normalized spacial score (nSPS) is 39.2. The molecule has 0 amide bonds. The molecule has 1 aromatic carbocycles. The van der Waals surface area contributed by atoms with Gasteiger partial charge in [-0.15, -0.1) is 0 Å². The number of ether oxygens (including phenoxy) is 1. The van der Waals surface area contributed by atoms with Crippen LogP contribution in [0.3, 0.4) is 0 Å². The maximum atomic E-state index is 12.8. The van der Waals surface area contributed by atoms with E-state index in [1.807, 2.05) is 0 Å². The number of phenolic OH excluding ortho intramolecular Hbond substituents is 2. The molecular formula is C34H52O4. The van der Waals surface area contributed by atoms with Crippen LogP contribution in [0.15, 0.2) is 18.2 Å². The van der Waals surface area contributed by atoms with E-state index >= 15 is 0 Å². The fourth-order valence-electron chi connectivity index (χ4n) is 10.3. The lowest BCUT2D eigenvalue weighted by molar-refractivity contribution is -0.130. The van der Waals surface area contributed by atoms with E-state index in [4.69, 9.17) is 4.74 Å². The molecule has 4 nitrogen and oxygen atoms in total. The first kappa shape index (κ1) is 27.8. The van der Waals surface area contributed by atoms with Crippen LogP contribution in [-0.4, -0.2) is 22.3 Å². The monoisotopic (exact) mass is 524 g/mol. The van der Waals surface area contributed by atoms with Gasteiger partial charge in [-0.1, -0.05) is 53.9 Å². The molecule has 2 N–H and O–H groups in total. The van der Waals surface area contributed by atoms with Crippen molar-refractivity contribution in [2.45, 2.75) is 118 Å². The molecule has 4 aliphatic rings. The van der Waals surface area contributed by atoms with Crippen molar-refractivity contribution < 1.29 is 19.7 Å². The molecule has 0 heterocycles. The van der Waals surface area contributed by atoms with E-state index in [-0.39, 0.29) is 23.2 Å². The van der Waals surface area contributed by atoms with E-state index in [9.17, 15) is 15.0 Å². The van der Waals surface area contributed by atoms with E-state index in [0.717, 1.165) is 54.8 Å². The average Bonchev–Trinajstić information content (AvgIpc) is 3.20. The highest BCUT2D eigenvalue weighted by Crippen LogP contribution is 2.68. The second-order valence-electron chi connectivity index (χ2n) is 14.7.